The zero-order valence-electron chi connectivity index (χ0n) is 12.7. The third-order valence-electron chi connectivity index (χ3n) is 3.99. The topological polar surface area (TPSA) is 53.2 Å². The summed E-state index contributed by atoms with van der Waals surface area (Å²) in [7, 11) is 0. The summed E-state index contributed by atoms with van der Waals surface area (Å²) in [6.07, 6.45) is 0. The molecule has 126 valence electrons. The van der Waals surface area contributed by atoms with E-state index in [1.54, 1.807) is 6.07 Å². The summed E-state index contributed by atoms with van der Waals surface area (Å²) in [6, 6.07) is 11.9. The van der Waals surface area contributed by atoms with Crippen molar-refractivity contribution in [2.45, 2.75) is 12.6 Å². The molecule has 1 fully saturated rings. The predicted octanol–water partition coefficient (Wildman–Crippen LogP) is 3.32. The van der Waals surface area contributed by atoms with Crippen LogP contribution in [-0.4, -0.2) is 12.5 Å². The molecule has 1 amide bonds. The van der Waals surface area contributed by atoms with Gasteiger partial charge in [0.15, 0.2) is 0 Å². The van der Waals surface area contributed by atoms with Crippen LogP contribution in [0.2, 0.25) is 5.02 Å². The van der Waals surface area contributed by atoms with Crippen LogP contribution in [0.5, 0.6) is 0 Å². The van der Waals surface area contributed by atoms with Crippen LogP contribution in [0.3, 0.4) is 0 Å². The van der Waals surface area contributed by atoms with Gasteiger partial charge >= 0.3 is 0 Å². The molecule has 2 unspecified atom stereocenters. The lowest BCUT2D eigenvalue weighted by Crippen LogP contribution is -2.34. The van der Waals surface area contributed by atoms with Gasteiger partial charge in [-0.2, -0.15) is 0 Å². The van der Waals surface area contributed by atoms with Gasteiger partial charge in [0, 0.05) is 22.6 Å². The molecule has 1 aliphatic heterocycles. The molecule has 1 aliphatic rings. The second kappa shape index (κ2) is 7.61. The standard InChI is InChI=1S/C17H16BrClFN3O/c18-12-3-1-2-10(6-12)16-14(9-22-23-16)17(24)21-8-11-4-5-13(20)7-15(11)19/h1-7,14,16,22-23H,8-9H2,(H,21,24). The zero-order valence-corrected chi connectivity index (χ0v) is 15.0. The van der Waals surface area contributed by atoms with Gasteiger partial charge in [-0.1, -0.05) is 45.7 Å². The summed E-state index contributed by atoms with van der Waals surface area (Å²) in [5.74, 6) is -0.731. The fourth-order valence-electron chi connectivity index (χ4n) is 2.74. The van der Waals surface area contributed by atoms with E-state index in [1.807, 2.05) is 24.3 Å². The second-order valence-electron chi connectivity index (χ2n) is 5.62. The van der Waals surface area contributed by atoms with E-state index in [0.29, 0.717) is 17.1 Å². The van der Waals surface area contributed by atoms with Gasteiger partial charge in [-0.15, -0.1) is 0 Å². The molecule has 0 bridgehead atoms. The first-order valence-electron chi connectivity index (χ1n) is 7.50. The largest absolute Gasteiger partial charge is 0.352 e. The Balaban J connectivity index is 1.67. The van der Waals surface area contributed by atoms with E-state index in [9.17, 15) is 9.18 Å². The van der Waals surface area contributed by atoms with Crippen molar-refractivity contribution in [2.75, 3.05) is 6.54 Å². The molecule has 0 aromatic heterocycles. The van der Waals surface area contributed by atoms with Crippen molar-refractivity contribution in [1.29, 1.82) is 0 Å². The molecule has 2 atom stereocenters. The van der Waals surface area contributed by atoms with Crippen molar-refractivity contribution in [3.63, 3.8) is 0 Å². The number of amides is 1. The Bertz CT molecular complexity index is 758. The molecule has 3 rings (SSSR count). The highest BCUT2D eigenvalue weighted by Crippen LogP contribution is 2.27. The summed E-state index contributed by atoms with van der Waals surface area (Å²) in [6.45, 7) is 0.791. The first-order valence-corrected chi connectivity index (χ1v) is 8.67. The van der Waals surface area contributed by atoms with Crippen molar-refractivity contribution in [1.82, 2.24) is 16.2 Å². The molecule has 24 heavy (non-hydrogen) atoms. The smallest absolute Gasteiger partial charge is 0.226 e. The summed E-state index contributed by atoms with van der Waals surface area (Å²) < 4.78 is 14.0. The maximum absolute atomic E-state index is 13.1. The van der Waals surface area contributed by atoms with Crippen molar-refractivity contribution >= 4 is 33.4 Å². The monoisotopic (exact) mass is 411 g/mol. The quantitative estimate of drug-likeness (QED) is 0.722. The van der Waals surface area contributed by atoms with Gasteiger partial charge in [0.2, 0.25) is 5.91 Å². The van der Waals surface area contributed by atoms with E-state index >= 15 is 0 Å². The Morgan fingerprint density at radius 3 is 2.92 bits per heavy atom. The Morgan fingerprint density at radius 1 is 1.33 bits per heavy atom. The van der Waals surface area contributed by atoms with Crippen LogP contribution in [0.15, 0.2) is 46.9 Å². The number of carbonyl (C=O) groups excluding carboxylic acids is 1. The van der Waals surface area contributed by atoms with Gasteiger partial charge in [-0.3, -0.25) is 10.2 Å². The normalized spacial score (nSPS) is 20.1. The first kappa shape index (κ1) is 17.4. The molecule has 2 aromatic carbocycles. The van der Waals surface area contributed by atoms with Crippen LogP contribution < -0.4 is 16.2 Å². The number of halogens is 3. The molecular weight excluding hydrogens is 397 g/mol. The molecule has 0 aliphatic carbocycles. The van der Waals surface area contributed by atoms with Crippen LogP contribution in [0.1, 0.15) is 17.2 Å². The minimum atomic E-state index is -0.394. The van der Waals surface area contributed by atoms with Gasteiger partial charge in [-0.25, -0.2) is 9.82 Å². The number of hydrogen-bond donors (Lipinski definition) is 3. The van der Waals surface area contributed by atoms with Gasteiger partial charge in [0.1, 0.15) is 5.82 Å². The van der Waals surface area contributed by atoms with E-state index in [4.69, 9.17) is 11.6 Å². The van der Waals surface area contributed by atoms with Crippen molar-refractivity contribution in [3.05, 3.63) is 68.9 Å². The van der Waals surface area contributed by atoms with E-state index in [0.717, 1.165) is 10.0 Å². The number of hydrogen-bond acceptors (Lipinski definition) is 3. The molecule has 0 saturated carbocycles. The zero-order chi connectivity index (χ0) is 17.1. The fraction of sp³-hybridized carbons (Fsp3) is 0.235. The van der Waals surface area contributed by atoms with Crippen molar-refractivity contribution < 1.29 is 9.18 Å². The average Bonchev–Trinajstić information content (AvgIpc) is 3.03. The minimum absolute atomic E-state index is 0.0853. The Kier molecular flexibility index (Phi) is 5.50. The third kappa shape index (κ3) is 3.95. The van der Waals surface area contributed by atoms with Crippen LogP contribution in [0, 0.1) is 11.7 Å². The van der Waals surface area contributed by atoms with Gasteiger partial charge in [0.05, 0.1) is 12.0 Å². The minimum Gasteiger partial charge on any atom is -0.352 e. The van der Waals surface area contributed by atoms with Crippen LogP contribution >= 0.6 is 27.5 Å². The van der Waals surface area contributed by atoms with E-state index in [1.165, 1.54) is 12.1 Å². The van der Waals surface area contributed by atoms with Gasteiger partial charge in [-0.05, 0) is 35.4 Å². The lowest BCUT2D eigenvalue weighted by atomic mass is 9.94. The maximum atomic E-state index is 13.1. The summed E-state index contributed by atoms with van der Waals surface area (Å²) in [4.78, 5) is 12.5. The lowest BCUT2D eigenvalue weighted by Gasteiger charge is -2.19. The highest BCUT2D eigenvalue weighted by molar-refractivity contribution is 9.10. The molecule has 0 radical (unpaired) electrons. The summed E-state index contributed by atoms with van der Waals surface area (Å²) in [5, 5.41) is 3.18. The Labute approximate surface area is 152 Å². The second-order valence-corrected chi connectivity index (χ2v) is 6.94. The molecule has 2 aromatic rings. The van der Waals surface area contributed by atoms with Gasteiger partial charge in [0.25, 0.3) is 0 Å². The molecule has 4 nitrogen and oxygen atoms in total. The molecule has 1 saturated heterocycles. The third-order valence-corrected chi connectivity index (χ3v) is 4.84. The van der Waals surface area contributed by atoms with E-state index < -0.39 is 5.82 Å². The van der Waals surface area contributed by atoms with Crippen molar-refractivity contribution in [2.24, 2.45) is 5.92 Å². The SMILES string of the molecule is O=C(NCc1ccc(F)cc1Cl)C1CNNC1c1cccc(Br)c1. The van der Waals surface area contributed by atoms with Crippen LogP contribution in [-0.2, 0) is 11.3 Å². The number of benzene rings is 2. The number of carbonyl (C=O) groups is 1. The van der Waals surface area contributed by atoms with Crippen molar-refractivity contribution in [3.8, 4) is 0 Å². The number of nitrogens with one attached hydrogen (secondary N) is 3. The molecule has 1 heterocycles. The molecule has 3 N–H and O–H groups in total. The molecule has 0 spiro atoms. The van der Waals surface area contributed by atoms with Crippen LogP contribution in [0.4, 0.5) is 4.39 Å². The predicted molar refractivity (Wildman–Crippen MR) is 94.8 cm³/mol. The van der Waals surface area contributed by atoms with Crippen LogP contribution in [0.25, 0.3) is 0 Å². The highest BCUT2D eigenvalue weighted by Gasteiger charge is 2.33. The Hall–Kier alpha value is -1.47. The first-order chi connectivity index (χ1) is 11.5. The fourth-order valence-corrected chi connectivity index (χ4v) is 3.39. The van der Waals surface area contributed by atoms with E-state index in [-0.39, 0.29) is 24.4 Å². The summed E-state index contributed by atoms with van der Waals surface area (Å²) >= 11 is 9.44. The highest BCUT2D eigenvalue weighted by atomic mass is 79.9. The van der Waals surface area contributed by atoms with Gasteiger partial charge < -0.3 is 5.32 Å². The molecule has 7 heteroatoms. The Morgan fingerprint density at radius 2 is 2.17 bits per heavy atom. The maximum Gasteiger partial charge on any atom is 0.226 e. The van der Waals surface area contributed by atoms with E-state index in [2.05, 4.69) is 32.1 Å². The number of hydrazine groups is 1. The number of rotatable bonds is 4. The lowest BCUT2D eigenvalue weighted by molar-refractivity contribution is -0.125. The summed E-state index contributed by atoms with van der Waals surface area (Å²) in [5.41, 5.74) is 7.88. The average molecular weight is 413 g/mol. The molecular formula is C17H16BrClFN3O.